The van der Waals surface area contributed by atoms with Crippen LogP contribution in [0.3, 0.4) is 0 Å². The van der Waals surface area contributed by atoms with E-state index in [1.54, 1.807) is 26.2 Å². The molecule has 0 saturated carbocycles. The van der Waals surface area contributed by atoms with Gasteiger partial charge < -0.3 is 24.4 Å². The van der Waals surface area contributed by atoms with Crippen LogP contribution in [-0.4, -0.2) is 57.7 Å². The second-order valence-corrected chi connectivity index (χ2v) is 8.39. The van der Waals surface area contributed by atoms with E-state index in [-0.39, 0.29) is 23.7 Å². The average molecular weight is 455 g/mol. The number of carbonyl (C=O) groups excluding carboxylic acids is 2. The number of carbonyl (C=O) groups is 2. The van der Waals surface area contributed by atoms with E-state index >= 15 is 0 Å². The first kappa shape index (κ1) is 24.4. The monoisotopic (exact) mass is 454 g/mol. The number of aryl methyl sites for hydroxylation is 1. The van der Waals surface area contributed by atoms with E-state index in [2.05, 4.69) is 12.2 Å². The van der Waals surface area contributed by atoms with Gasteiger partial charge in [-0.15, -0.1) is 0 Å². The molecule has 2 aromatic carbocycles. The zero-order chi connectivity index (χ0) is 24.0. The van der Waals surface area contributed by atoms with Gasteiger partial charge in [-0.3, -0.25) is 9.59 Å². The highest BCUT2D eigenvalue weighted by molar-refractivity contribution is 5.95. The van der Waals surface area contributed by atoms with Crippen LogP contribution in [0.1, 0.15) is 47.2 Å². The molecule has 3 rings (SSSR count). The number of amides is 2. The first-order chi connectivity index (χ1) is 15.9. The number of nitrogens with one attached hydrogen (secondary N) is 1. The van der Waals surface area contributed by atoms with Crippen molar-refractivity contribution in [2.45, 2.75) is 32.6 Å². The van der Waals surface area contributed by atoms with Crippen molar-refractivity contribution in [2.75, 3.05) is 41.0 Å². The predicted octanol–water partition coefficient (Wildman–Crippen LogP) is 3.79. The second-order valence-electron chi connectivity index (χ2n) is 8.39. The fourth-order valence-electron chi connectivity index (χ4n) is 4.29. The Balaban J connectivity index is 1.94. The van der Waals surface area contributed by atoms with Gasteiger partial charge in [0.1, 0.15) is 0 Å². The fourth-order valence-corrected chi connectivity index (χ4v) is 4.29. The topological polar surface area (TPSA) is 77.1 Å². The highest BCUT2D eigenvalue weighted by Gasteiger charge is 2.41. The van der Waals surface area contributed by atoms with Gasteiger partial charge in [0.25, 0.3) is 5.91 Å². The molecular formula is C26H34N2O5. The summed E-state index contributed by atoms with van der Waals surface area (Å²) >= 11 is 0. The summed E-state index contributed by atoms with van der Waals surface area (Å²) in [5.74, 6) is 0.866. The Morgan fingerprint density at radius 3 is 2.18 bits per heavy atom. The van der Waals surface area contributed by atoms with Gasteiger partial charge in [-0.1, -0.05) is 31.0 Å². The Labute approximate surface area is 196 Å². The molecule has 2 aromatic rings. The lowest BCUT2D eigenvalue weighted by Crippen LogP contribution is -2.36. The lowest BCUT2D eigenvalue weighted by molar-refractivity contribution is -0.124. The Bertz CT molecular complexity index is 948. The molecule has 1 aliphatic rings. The van der Waals surface area contributed by atoms with Crippen LogP contribution in [0.4, 0.5) is 0 Å². The third-order valence-electron chi connectivity index (χ3n) is 6.19. The van der Waals surface area contributed by atoms with Crippen molar-refractivity contribution >= 4 is 11.8 Å². The molecule has 0 aromatic heterocycles. The van der Waals surface area contributed by atoms with Crippen molar-refractivity contribution in [3.05, 3.63) is 53.1 Å². The molecule has 0 radical (unpaired) electrons. The summed E-state index contributed by atoms with van der Waals surface area (Å²) < 4.78 is 16.5. The highest BCUT2D eigenvalue weighted by atomic mass is 16.5. The molecule has 1 heterocycles. The van der Waals surface area contributed by atoms with Gasteiger partial charge in [0.05, 0.1) is 27.2 Å². The summed E-state index contributed by atoms with van der Waals surface area (Å²) in [7, 11) is 4.69. The largest absolute Gasteiger partial charge is 0.493 e. The van der Waals surface area contributed by atoms with Gasteiger partial charge in [0.2, 0.25) is 11.7 Å². The standard InChI is InChI=1S/C26H34N2O5/c1-6-7-12-27-25(29)21-16-28(26(30)18-10-8-17(2)9-11-18)15-20(21)19-13-22(31-3)24(33-5)23(14-19)32-4/h8-11,13-14,20-21H,6-7,12,15-16H2,1-5H3,(H,27,29)/t20-,21-/m0/s1. The zero-order valence-electron chi connectivity index (χ0n) is 20.1. The maximum Gasteiger partial charge on any atom is 0.253 e. The number of unbranched alkanes of at least 4 members (excludes halogenated alkanes) is 1. The molecule has 1 saturated heterocycles. The van der Waals surface area contributed by atoms with Gasteiger partial charge in [0.15, 0.2) is 11.5 Å². The van der Waals surface area contributed by atoms with E-state index in [1.165, 1.54) is 0 Å². The summed E-state index contributed by atoms with van der Waals surface area (Å²) in [6.45, 7) is 5.48. The number of rotatable bonds is 9. The van der Waals surface area contributed by atoms with Gasteiger partial charge in [0, 0.05) is 31.1 Å². The van der Waals surface area contributed by atoms with Crippen LogP contribution in [-0.2, 0) is 4.79 Å². The lowest BCUT2D eigenvalue weighted by atomic mass is 9.88. The zero-order valence-corrected chi connectivity index (χ0v) is 20.1. The number of ether oxygens (including phenoxy) is 3. The highest BCUT2D eigenvalue weighted by Crippen LogP contribution is 2.43. The first-order valence-corrected chi connectivity index (χ1v) is 11.4. The minimum atomic E-state index is -0.376. The summed E-state index contributed by atoms with van der Waals surface area (Å²) in [6.07, 6.45) is 1.92. The van der Waals surface area contributed by atoms with Crippen molar-refractivity contribution in [1.29, 1.82) is 0 Å². The normalized spacial score (nSPS) is 17.5. The molecule has 33 heavy (non-hydrogen) atoms. The molecule has 7 nitrogen and oxygen atoms in total. The van der Waals surface area contributed by atoms with Crippen molar-refractivity contribution in [3.8, 4) is 17.2 Å². The van der Waals surface area contributed by atoms with Gasteiger partial charge in [-0.05, 0) is 43.2 Å². The number of hydrogen-bond acceptors (Lipinski definition) is 5. The molecule has 7 heteroatoms. The van der Waals surface area contributed by atoms with Crippen LogP contribution in [0.5, 0.6) is 17.2 Å². The van der Waals surface area contributed by atoms with Gasteiger partial charge in [-0.2, -0.15) is 0 Å². The predicted molar refractivity (Wildman–Crippen MR) is 127 cm³/mol. The Kier molecular flexibility index (Phi) is 8.20. The molecule has 0 unspecified atom stereocenters. The number of benzene rings is 2. The molecule has 0 aliphatic carbocycles. The van der Waals surface area contributed by atoms with Crippen molar-refractivity contribution in [1.82, 2.24) is 10.2 Å². The van der Waals surface area contributed by atoms with E-state index in [0.29, 0.717) is 42.4 Å². The first-order valence-electron chi connectivity index (χ1n) is 11.4. The maximum atomic E-state index is 13.2. The maximum absolute atomic E-state index is 13.2. The Hall–Kier alpha value is -3.22. The van der Waals surface area contributed by atoms with E-state index in [0.717, 1.165) is 24.0 Å². The molecular weight excluding hydrogens is 420 g/mol. The van der Waals surface area contributed by atoms with Gasteiger partial charge >= 0.3 is 0 Å². The third-order valence-corrected chi connectivity index (χ3v) is 6.19. The van der Waals surface area contributed by atoms with E-state index < -0.39 is 0 Å². The Morgan fingerprint density at radius 2 is 1.64 bits per heavy atom. The summed E-state index contributed by atoms with van der Waals surface area (Å²) in [4.78, 5) is 28.2. The van der Waals surface area contributed by atoms with Crippen molar-refractivity contribution in [2.24, 2.45) is 5.92 Å². The summed E-state index contributed by atoms with van der Waals surface area (Å²) in [5.41, 5.74) is 2.59. The number of likely N-dealkylation sites (tertiary alicyclic amines) is 1. The van der Waals surface area contributed by atoms with Crippen LogP contribution < -0.4 is 19.5 Å². The van der Waals surface area contributed by atoms with Crippen LogP contribution in [0.2, 0.25) is 0 Å². The minimum Gasteiger partial charge on any atom is -0.493 e. The second kappa shape index (κ2) is 11.1. The smallest absolute Gasteiger partial charge is 0.253 e. The Morgan fingerprint density at radius 1 is 1.00 bits per heavy atom. The van der Waals surface area contributed by atoms with E-state index in [4.69, 9.17) is 14.2 Å². The molecule has 178 valence electrons. The van der Waals surface area contributed by atoms with Crippen molar-refractivity contribution < 1.29 is 23.8 Å². The number of hydrogen-bond donors (Lipinski definition) is 1. The molecule has 0 spiro atoms. The van der Waals surface area contributed by atoms with Crippen molar-refractivity contribution in [3.63, 3.8) is 0 Å². The van der Waals surface area contributed by atoms with Crippen LogP contribution in [0.15, 0.2) is 36.4 Å². The molecule has 0 bridgehead atoms. The number of methoxy groups -OCH3 is 3. The molecule has 2 amide bonds. The van der Waals surface area contributed by atoms with Crippen LogP contribution in [0.25, 0.3) is 0 Å². The lowest BCUT2D eigenvalue weighted by Gasteiger charge is -2.21. The van der Waals surface area contributed by atoms with Crippen LogP contribution >= 0.6 is 0 Å². The molecule has 1 N–H and O–H groups in total. The summed E-state index contributed by atoms with van der Waals surface area (Å²) in [6, 6.07) is 11.3. The van der Waals surface area contributed by atoms with E-state index in [1.807, 2.05) is 43.3 Å². The third kappa shape index (κ3) is 5.41. The quantitative estimate of drug-likeness (QED) is 0.584. The minimum absolute atomic E-state index is 0.0404. The van der Waals surface area contributed by atoms with E-state index in [9.17, 15) is 9.59 Å². The number of nitrogens with zero attached hydrogens (tertiary/aromatic N) is 1. The molecule has 2 atom stereocenters. The van der Waals surface area contributed by atoms with Crippen LogP contribution in [0, 0.1) is 12.8 Å². The molecule has 1 aliphatic heterocycles. The average Bonchev–Trinajstić information content (AvgIpc) is 3.28. The SMILES string of the molecule is CCCCNC(=O)[C@H]1CN(C(=O)c2ccc(C)cc2)C[C@H]1c1cc(OC)c(OC)c(OC)c1. The fraction of sp³-hybridized carbons (Fsp3) is 0.462. The summed E-state index contributed by atoms with van der Waals surface area (Å²) in [5, 5.41) is 3.05. The van der Waals surface area contributed by atoms with Gasteiger partial charge in [-0.25, -0.2) is 0 Å². The molecule has 1 fully saturated rings.